The Balaban J connectivity index is 2.96. The van der Waals surface area contributed by atoms with Gasteiger partial charge in [-0.15, -0.1) is 0 Å². The molecule has 1 unspecified atom stereocenters. The SMILES string of the molecule is CC(N)C(=O)Nc1cc(F)c(Br)cc1F. The Labute approximate surface area is 93.8 Å². The molecule has 15 heavy (non-hydrogen) atoms. The van der Waals surface area contributed by atoms with Gasteiger partial charge in [0.2, 0.25) is 5.91 Å². The van der Waals surface area contributed by atoms with Crippen molar-refractivity contribution in [2.75, 3.05) is 5.32 Å². The number of carbonyl (C=O) groups excluding carboxylic acids is 1. The van der Waals surface area contributed by atoms with Crippen LogP contribution in [0.2, 0.25) is 0 Å². The third-order valence-electron chi connectivity index (χ3n) is 1.68. The van der Waals surface area contributed by atoms with E-state index in [2.05, 4.69) is 21.2 Å². The third-order valence-corrected chi connectivity index (χ3v) is 2.29. The van der Waals surface area contributed by atoms with Gasteiger partial charge < -0.3 is 11.1 Å². The van der Waals surface area contributed by atoms with E-state index in [0.29, 0.717) is 0 Å². The van der Waals surface area contributed by atoms with Crippen LogP contribution < -0.4 is 11.1 Å². The quantitative estimate of drug-likeness (QED) is 0.814. The molecule has 1 aromatic rings. The van der Waals surface area contributed by atoms with Gasteiger partial charge in [0.15, 0.2) is 0 Å². The van der Waals surface area contributed by atoms with Crippen LogP contribution in [0, 0.1) is 11.6 Å². The van der Waals surface area contributed by atoms with Crippen molar-refractivity contribution in [1.82, 2.24) is 0 Å². The number of hydrogen-bond donors (Lipinski definition) is 2. The van der Waals surface area contributed by atoms with Crippen LogP contribution in [0.15, 0.2) is 16.6 Å². The molecule has 0 bridgehead atoms. The second kappa shape index (κ2) is 4.67. The molecule has 82 valence electrons. The van der Waals surface area contributed by atoms with Crippen LogP contribution in [0.4, 0.5) is 14.5 Å². The molecule has 0 aliphatic heterocycles. The van der Waals surface area contributed by atoms with Gasteiger partial charge in [0.25, 0.3) is 0 Å². The van der Waals surface area contributed by atoms with Gasteiger partial charge >= 0.3 is 0 Å². The first kappa shape index (κ1) is 12.1. The summed E-state index contributed by atoms with van der Waals surface area (Å²) in [5.74, 6) is -1.95. The molecule has 0 heterocycles. The topological polar surface area (TPSA) is 55.1 Å². The maximum absolute atomic E-state index is 13.2. The second-order valence-electron chi connectivity index (χ2n) is 3.02. The highest BCUT2D eigenvalue weighted by atomic mass is 79.9. The Morgan fingerprint density at radius 2 is 2.07 bits per heavy atom. The maximum atomic E-state index is 13.2. The first-order valence-corrected chi connectivity index (χ1v) is 4.92. The molecule has 0 aliphatic rings. The Morgan fingerprint density at radius 3 is 2.60 bits per heavy atom. The molecule has 0 spiro atoms. The maximum Gasteiger partial charge on any atom is 0.241 e. The molecule has 0 radical (unpaired) electrons. The predicted molar refractivity (Wildman–Crippen MR) is 56.3 cm³/mol. The summed E-state index contributed by atoms with van der Waals surface area (Å²) in [6.45, 7) is 1.45. The van der Waals surface area contributed by atoms with E-state index in [1.54, 1.807) is 0 Å². The van der Waals surface area contributed by atoms with Crippen molar-refractivity contribution in [2.45, 2.75) is 13.0 Å². The molecule has 0 saturated carbocycles. The second-order valence-corrected chi connectivity index (χ2v) is 3.88. The predicted octanol–water partition coefficient (Wildman–Crippen LogP) is 2.01. The zero-order valence-electron chi connectivity index (χ0n) is 7.85. The Hall–Kier alpha value is -1.01. The van der Waals surface area contributed by atoms with Crippen LogP contribution in [0.1, 0.15) is 6.92 Å². The van der Waals surface area contributed by atoms with Crippen molar-refractivity contribution in [2.24, 2.45) is 5.73 Å². The van der Waals surface area contributed by atoms with E-state index in [1.807, 2.05) is 0 Å². The molecule has 0 fully saturated rings. The van der Waals surface area contributed by atoms with Gasteiger partial charge in [-0.3, -0.25) is 4.79 Å². The van der Waals surface area contributed by atoms with Crippen LogP contribution >= 0.6 is 15.9 Å². The van der Waals surface area contributed by atoms with Crippen LogP contribution in [0.3, 0.4) is 0 Å². The largest absolute Gasteiger partial charge is 0.322 e. The molecule has 1 rings (SSSR count). The van der Waals surface area contributed by atoms with Crippen LogP contribution in [-0.2, 0) is 4.79 Å². The van der Waals surface area contributed by atoms with E-state index in [4.69, 9.17) is 5.73 Å². The number of nitrogens with two attached hydrogens (primary N) is 1. The van der Waals surface area contributed by atoms with Crippen LogP contribution in [0.5, 0.6) is 0 Å². The van der Waals surface area contributed by atoms with Gasteiger partial charge in [0.05, 0.1) is 16.2 Å². The summed E-state index contributed by atoms with van der Waals surface area (Å²) in [5.41, 5.74) is 5.04. The first-order chi connectivity index (χ1) is 6.91. The van der Waals surface area contributed by atoms with E-state index in [9.17, 15) is 13.6 Å². The lowest BCUT2D eigenvalue weighted by Gasteiger charge is -2.09. The van der Waals surface area contributed by atoms with E-state index >= 15 is 0 Å². The molecule has 6 heteroatoms. The molecule has 1 atom stereocenters. The molecule has 0 aromatic heterocycles. The average Bonchev–Trinajstić information content (AvgIpc) is 2.13. The molecule has 1 aromatic carbocycles. The van der Waals surface area contributed by atoms with Crippen molar-refractivity contribution >= 4 is 27.5 Å². The van der Waals surface area contributed by atoms with Gasteiger partial charge in [-0.25, -0.2) is 8.78 Å². The minimum absolute atomic E-state index is 0.00111. The minimum Gasteiger partial charge on any atom is -0.322 e. The van der Waals surface area contributed by atoms with Gasteiger partial charge in [0, 0.05) is 6.07 Å². The number of hydrogen-bond acceptors (Lipinski definition) is 2. The van der Waals surface area contributed by atoms with Gasteiger partial charge in [-0.2, -0.15) is 0 Å². The van der Waals surface area contributed by atoms with Crippen LogP contribution in [0.25, 0.3) is 0 Å². The molecule has 0 aliphatic carbocycles. The molecule has 0 saturated heterocycles. The standard InChI is InChI=1S/C9H9BrF2N2O/c1-4(13)9(15)14-8-3-6(11)5(10)2-7(8)12/h2-4H,13H2,1H3,(H,14,15). The lowest BCUT2D eigenvalue weighted by Crippen LogP contribution is -2.32. The number of anilines is 1. The summed E-state index contributed by atoms with van der Waals surface area (Å²) in [4.78, 5) is 11.1. The van der Waals surface area contributed by atoms with Gasteiger partial charge in [-0.05, 0) is 28.9 Å². The van der Waals surface area contributed by atoms with E-state index < -0.39 is 23.6 Å². The Morgan fingerprint density at radius 1 is 1.47 bits per heavy atom. The summed E-state index contributed by atoms with van der Waals surface area (Å²) in [6, 6.07) is 1.04. The third kappa shape index (κ3) is 2.97. The highest BCUT2D eigenvalue weighted by Crippen LogP contribution is 2.23. The van der Waals surface area contributed by atoms with Crippen molar-refractivity contribution in [1.29, 1.82) is 0 Å². The van der Waals surface area contributed by atoms with Crippen LogP contribution in [-0.4, -0.2) is 11.9 Å². The molecular weight excluding hydrogens is 270 g/mol. The molecule has 3 N–H and O–H groups in total. The van der Waals surface area contributed by atoms with Crippen molar-refractivity contribution in [3.63, 3.8) is 0 Å². The number of halogens is 3. The van der Waals surface area contributed by atoms with E-state index in [1.165, 1.54) is 6.92 Å². The molecular formula is C9H9BrF2N2O. The van der Waals surface area contributed by atoms with Gasteiger partial charge in [0.1, 0.15) is 11.6 Å². The number of rotatable bonds is 2. The summed E-state index contributed by atoms with van der Waals surface area (Å²) in [5, 5.41) is 2.18. The number of amides is 1. The van der Waals surface area contributed by atoms with Crippen molar-refractivity contribution in [3.05, 3.63) is 28.2 Å². The smallest absolute Gasteiger partial charge is 0.241 e. The summed E-state index contributed by atoms with van der Waals surface area (Å²) in [7, 11) is 0. The summed E-state index contributed by atoms with van der Waals surface area (Å²) in [6.07, 6.45) is 0. The van der Waals surface area contributed by atoms with E-state index in [0.717, 1.165) is 12.1 Å². The van der Waals surface area contributed by atoms with Gasteiger partial charge in [-0.1, -0.05) is 0 Å². The molecule has 3 nitrogen and oxygen atoms in total. The fourth-order valence-electron chi connectivity index (χ4n) is 0.865. The lowest BCUT2D eigenvalue weighted by molar-refractivity contribution is -0.117. The summed E-state index contributed by atoms with van der Waals surface area (Å²) >= 11 is 2.82. The number of nitrogens with one attached hydrogen (secondary N) is 1. The highest BCUT2D eigenvalue weighted by Gasteiger charge is 2.13. The Kier molecular flexibility index (Phi) is 3.76. The Bertz CT molecular complexity index is 396. The van der Waals surface area contributed by atoms with Crippen molar-refractivity contribution < 1.29 is 13.6 Å². The zero-order valence-corrected chi connectivity index (χ0v) is 9.44. The minimum atomic E-state index is -0.781. The summed E-state index contributed by atoms with van der Waals surface area (Å²) < 4.78 is 26.2. The average molecular weight is 279 g/mol. The fraction of sp³-hybridized carbons (Fsp3) is 0.222. The zero-order chi connectivity index (χ0) is 11.6. The number of carbonyl (C=O) groups is 1. The highest BCUT2D eigenvalue weighted by molar-refractivity contribution is 9.10. The van der Waals surface area contributed by atoms with Crippen molar-refractivity contribution in [3.8, 4) is 0 Å². The monoisotopic (exact) mass is 278 g/mol. The van der Waals surface area contributed by atoms with E-state index in [-0.39, 0.29) is 10.2 Å². The first-order valence-electron chi connectivity index (χ1n) is 4.13. The number of benzene rings is 1. The lowest BCUT2D eigenvalue weighted by atomic mass is 10.2. The normalized spacial score (nSPS) is 12.3. The fourth-order valence-corrected chi connectivity index (χ4v) is 1.18. The molecule has 1 amide bonds.